The van der Waals surface area contributed by atoms with E-state index in [0.717, 1.165) is 6.04 Å². The molecule has 0 aromatic carbocycles. The van der Waals surface area contributed by atoms with E-state index in [9.17, 15) is 0 Å². The fourth-order valence-electron chi connectivity index (χ4n) is 2.31. The average molecular weight is 241 g/mol. The molecule has 0 aromatic rings. The molecule has 0 spiro atoms. The normalized spacial score (nSPS) is 21.0. The lowest BCUT2D eigenvalue weighted by Crippen LogP contribution is -2.47. The summed E-state index contributed by atoms with van der Waals surface area (Å²) < 4.78 is 0. The second kappa shape index (κ2) is 8.06. The number of likely N-dealkylation sites (N-methyl/N-ethyl adjacent to an activating group) is 2. The number of hydrogen-bond donors (Lipinski definition) is 0. The van der Waals surface area contributed by atoms with Crippen LogP contribution in [0.2, 0.25) is 0 Å². The molecule has 0 aliphatic carbocycles. The lowest BCUT2D eigenvalue weighted by molar-refractivity contribution is 0.131. The summed E-state index contributed by atoms with van der Waals surface area (Å²) in [6, 6.07) is 0.738. The molecule has 3 heteroatoms. The quantitative estimate of drug-likeness (QED) is 0.672. The van der Waals surface area contributed by atoms with Crippen molar-refractivity contribution in [2.24, 2.45) is 0 Å². The van der Waals surface area contributed by atoms with E-state index in [2.05, 4.69) is 42.6 Å². The molecule has 0 radical (unpaired) electrons. The van der Waals surface area contributed by atoms with Gasteiger partial charge in [0, 0.05) is 45.3 Å². The van der Waals surface area contributed by atoms with Crippen LogP contribution in [0.3, 0.4) is 0 Å². The summed E-state index contributed by atoms with van der Waals surface area (Å²) in [5.74, 6) is 0. The van der Waals surface area contributed by atoms with Crippen molar-refractivity contribution in [1.29, 1.82) is 0 Å². The Kier molecular flexibility index (Phi) is 7.09. The minimum atomic E-state index is 0.738. The van der Waals surface area contributed by atoms with Crippen LogP contribution in [0, 0.1) is 0 Å². The summed E-state index contributed by atoms with van der Waals surface area (Å²) in [6.45, 7) is 12.0. The van der Waals surface area contributed by atoms with Crippen molar-refractivity contribution in [3.05, 3.63) is 0 Å². The van der Waals surface area contributed by atoms with Crippen LogP contribution in [-0.2, 0) is 0 Å². The van der Waals surface area contributed by atoms with Crippen molar-refractivity contribution in [1.82, 2.24) is 14.7 Å². The monoisotopic (exact) mass is 241 g/mol. The summed E-state index contributed by atoms with van der Waals surface area (Å²) in [5.41, 5.74) is 0. The first-order chi connectivity index (χ1) is 8.13. The molecule has 0 N–H and O–H groups in total. The molecule has 1 heterocycles. The highest BCUT2D eigenvalue weighted by molar-refractivity contribution is 4.71. The Morgan fingerprint density at radius 2 is 1.82 bits per heavy atom. The molecule has 0 saturated carbocycles. The molecule has 0 aromatic heterocycles. The molecule has 1 unspecified atom stereocenters. The Hall–Kier alpha value is -0.120. The van der Waals surface area contributed by atoms with Crippen LogP contribution in [0.1, 0.15) is 33.1 Å². The molecule has 1 saturated heterocycles. The van der Waals surface area contributed by atoms with Gasteiger partial charge in [-0.05, 0) is 27.4 Å². The molecule has 1 rings (SSSR count). The molecule has 1 aliphatic heterocycles. The van der Waals surface area contributed by atoms with E-state index in [0.29, 0.717) is 0 Å². The summed E-state index contributed by atoms with van der Waals surface area (Å²) in [4.78, 5) is 7.54. The Balaban J connectivity index is 2.12. The third-order valence-electron chi connectivity index (χ3n) is 4.09. The molecule has 1 aliphatic rings. The molecule has 0 amide bonds. The first kappa shape index (κ1) is 14.9. The van der Waals surface area contributed by atoms with Crippen molar-refractivity contribution < 1.29 is 0 Å². The van der Waals surface area contributed by atoms with Crippen molar-refractivity contribution >= 4 is 0 Å². The number of unbranched alkanes of at least 4 members (excludes halogenated alkanes) is 1. The van der Waals surface area contributed by atoms with E-state index >= 15 is 0 Å². The Bertz CT molecular complexity index is 188. The van der Waals surface area contributed by atoms with Crippen LogP contribution in [0.25, 0.3) is 0 Å². The van der Waals surface area contributed by atoms with Crippen LogP contribution in [0.4, 0.5) is 0 Å². The smallest absolute Gasteiger partial charge is 0.0110 e. The van der Waals surface area contributed by atoms with Crippen LogP contribution in [0.5, 0.6) is 0 Å². The molecule has 1 fully saturated rings. The SMILES string of the molecule is CCCCC(C)N(C)CCN1CCN(C)CC1. The molecule has 3 nitrogen and oxygen atoms in total. The van der Waals surface area contributed by atoms with Crippen LogP contribution < -0.4 is 0 Å². The predicted molar refractivity (Wildman–Crippen MR) is 75.6 cm³/mol. The lowest BCUT2D eigenvalue weighted by atomic mass is 10.1. The zero-order valence-electron chi connectivity index (χ0n) is 12.3. The number of nitrogens with zero attached hydrogens (tertiary/aromatic N) is 3. The second-order valence-electron chi connectivity index (χ2n) is 5.62. The zero-order chi connectivity index (χ0) is 12.7. The molecular weight excluding hydrogens is 210 g/mol. The van der Waals surface area contributed by atoms with Crippen molar-refractivity contribution in [3.63, 3.8) is 0 Å². The summed E-state index contributed by atoms with van der Waals surface area (Å²) >= 11 is 0. The van der Waals surface area contributed by atoms with Gasteiger partial charge in [-0.1, -0.05) is 19.8 Å². The minimum absolute atomic E-state index is 0.738. The molecular formula is C14H31N3. The van der Waals surface area contributed by atoms with E-state index in [1.165, 1.54) is 58.5 Å². The van der Waals surface area contributed by atoms with E-state index in [4.69, 9.17) is 0 Å². The molecule has 0 bridgehead atoms. The topological polar surface area (TPSA) is 9.72 Å². The van der Waals surface area contributed by atoms with E-state index in [1.54, 1.807) is 0 Å². The fraction of sp³-hybridized carbons (Fsp3) is 1.00. The van der Waals surface area contributed by atoms with Crippen molar-refractivity contribution in [2.75, 3.05) is 53.4 Å². The molecule has 1 atom stereocenters. The van der Waals surface area contributed by atoms with Crippen molar-refractivity contribution in [2.45, 2.75) is 39.2 Å². The largest absolute Gasteiger partial charge is 0.304 e. The van der Waals surface area contributed by atoms with Gasteiger partial charge in [0.1, 0.15) is 0 Å². The highest BCUT2D eigenvalue weighted by Gasteiger charge is 2.15. The van der Waals surface area contributed by atoms with E-state index < -0.39 is 0 Å². The maximum Gasteiger partial charge on any atom is 0.0110 e. The highest BCUT2D eigenvalue weighted by atomic mass is 15.3. The Morgan fingerprint density at radius 3 is 2.41 bits per heavy atom. The highest BCUT2D eigenvalue weighted by Crippen LogP contribution is 2.07. The van der Waals surface area contributed by atoms with E-state index in [1.807, 2.05) is 0 Å². The zero-order valence-corrected chi connectivity index (χ0v) is 12.3. The van der Waals surface area contributed by atoms with Gasteiger partial charge in [0.25, 0.3) is 0 Å². The van der Waals surface area contributed by atoms with Gasteiger partial charge < -0.3 is 9.80 Å². The van der Waals surface area contributed by atoms with Crippen LogP contribution in [-0.4, -0.2) is 74.1 Å². The van der Waals surface area contributed by atoms with Crippen LogP contribution >= 0.6 is 0 Å². The van der Waals surface area contributed by atoms with Gasteiger partial charge in [-0.3, -0.25) is 4.90 Å². The third-order valence-corrected chi connectivity index (χ3v) is 4.09. The van der Waals surface area contributed by atoms with E-state index in [-0.39, 0.29) is 0 Å². The van der Waals surface area contributed by atoms with Gasteiger partial charge in [-0.25, -0.2) is 0 Å². The van der Waals surface area contributed by atoms with Gasteiger partial charge in [-0.15, -0.1) is 0 Å². The maximum absolute atomic E-state index is 2.60. The van der Waals surface area contributed by atoms with Gasteiger partial charge in [-0.2, -0.15) is 0 Å². The first-order valence-electron chi connectivity index (χ1n) is 7.24. The maximum atomic E-state index is 2.60. The number of rotatable bonds is 7. The van der Waals surface area contributed by atoms with Crippen molar-refractivity contribution in [3.8, 4) is 0 Å². The summed E-state index contributed by atoms with van der Waals surface area (Å²) in [5, 5.41) is 0. The van der Waals surface area contributed by atoms with Gasteiger partial charge in [0.05, 0.1) is 0 Å². The number of hydrogen-bond acceptors (Lipinski definition) is 3. The fourth-order valence-corrected chi connectivity index (χ4v) is 2.31. The van der Waals surface area contributed by atoms with Gasteiger partial charge in [0.15, 0.2) is 0 Å². The standard InChI is InChI=1S/C14H31N3/c1-5-6-7-14(2)16(4)10-13-17-11-8-15(3)9-12-17/h14H,5-13H2,1-4H3. The average Bonchev–Trinajstić information content (AvgIpc) is 2.34. The van der Waals surface area contributed by atoms with Gasteiger partial charge in [0.2, 0.25) is 0 Å². The first-order valence-corrected chi connectivity index (χ1v) is 7.24. The summed E-state index contributed by atoms with van der Waals surface area (Å²) in [7, 11) is 4.49. The number of piperazine rings is 1. The minimum Gasteiger partial charge on any atom is -0.304 e. The summed E-state index contributed by atoms with van der Waals surface area (Å²) in [6.07, 6.45) is 4.02. The molecule has 17 heavy (non-hydrogen) atoms. The lowest BCUT2D eigenvalue weighted by Gasteiger charge is -2.34. The second-order valence-corrected chi connectivity index (χ2v) is 5.62. The Labute approximate surface area is 108 Å². The molecule has 102 valence electrons. The van der Waals surface area contributed by atoms with Crippen LogP contribution in [0.15, 0.2) is 0 Å². The Morgan fingerprint density at radius 1 is 1.18 bits per heavy atom. The predicted octanol–water partition coefficient (Wildman–Crippen LogP) is 1.74. The third kappa shape index (κ3) is 5.84. The van der Waals surface area contributed by atoms with Gasteiger partial charge >= 0.3 is 0 Å².